The molecule has 0 fully saturated rings. The van der Waals surface area contributed by atoms with Gasteiger partial charge < -0.3 is 15.5 Å². The van der Waals surface area contributed by atoms with Crippen molar-refractivity contribution in [3.8, 4) is 11.1 Å². The Balaban J connectivity index is 1.85. The van der Waals surface area contributed by atoms with E-state index in [4.69, 9.17) is 5.11 Å². The first kappa shape index (κ1) is 21.0. The Morgan fingerprint density at radius 1 is 0.867 bits per heavy atom. The van der Waals surface area contributed by atoms with Gasteiger partial charge in [-0.15, -0.1) is 0 Å². The number of amides is 1. The van der Waals surface area contributed by atoms with Crippen molar-refractivity contribution in [2.24, 2.45) is 0 Å². The van der Waals surface area contributed by atoms with Crippen LogP contribution in [-0.2, 0) is 17.8 Å². The van der Waals surface area contributed by atoms with E-state index in [2.05, 4.69) is 5.32 Å². The summed E-state index contributed by atoms with van der Waals surface area (Å²) in [5, 5.41) is 21.3. The molecule has 0 bridgehead atoms. The molecule has 0 spiro atoms. The lowest BCUT2D eigenvalue weighted by molar-refractivity contribution is -0.131. The Labute approximate surface area is 175 Å². The number of benzene rings is 3. The molecule has 0 atom stereocenters. The lowest BCUT2D eigenvalue weighted by Crippen LogP contribution is -2.25. The van der Waals surface area contributed by atoms with E-state index < -0.39 is 5.97 Å². The maximum absolute atomic E-state index is 12.7. The van der Waals surface area contributed by atoms with Crippen molar-refractivity contribution >= 4 is 18.0 Å². The normalized spacial score (nSPS) is 10.8. The van der Waals surface area contributed by atoms with Crippen molar-refractivity contribution in [2.75, 3.05) is 6.54 Å². The smallest absolute Gasteiger partial charge is 0.328 e. The molecule has 0 aliphatic rings. The van der Waals surface area contributed by atoms with E-state index in [1.165, 1.54) is 6.08 Å². The molecule has 3 aromatic carbocycles. The van der Waals surface area contributed by atoms with Crippen molar-refractivity contribution < 1.29 is 19.8 Å². The molecule has 0 saturated carbocycles. The van der Waals surface area contributed by atoms with E-state index in [0.717, 1.165) is 34.8 Å². The van der Waals surface area contributed by atoms with Gasteiger partial charge in [0, 0.05) is 18.2 Å². The predicted octanol–water partition coefficient (Wildman–Crippen LogP) is 3.92. The van der Waals surface area contributed by atoms with Gasteiger partial charge in [-0.25, -0.2) is 4.79 Å². The van der Waals surface area contributed by atoms with Gasteiger partial charge in [0.05, 0.1) is 6.61 Å². The highest BCUT2D eigenvalue weighted by Crippen LogP contribution is 2.24. The van der Waals surface area contributed by atoms with Gasteiger partial charge in [0.15, 0.2) is 0 Å². The zero-order valence-corrected chi connectivity index (χ0v) is 16.4. The summed E-state index contributed by atoms with van der Waals surface area (Å²) in [5.41, 5.74) is 4.55. The molecule has 5 nitrogen and oxygen atoms in total. The maximum Gasteiger partial charge on any atom is 0.328 e. The molecule has 1 amide bonds. The molecular weight excluding hydrogens is 378 g/mol. The summed E-state index contributed by atoms with van der Waals surface area (Å²) in [6.45, 7) is 0.409. The van der Waals surface area contributed by atoms with E-state index in [-0.39, 0.29) is 12.5 Å². The molecule has 152 valence electrons. The third-order valence-electron chi connectivity index (χ3n) is 4.62. The van der Waals surface area contributed by atoms with Crippen LogP contribution in [0.4, 0.5) is 0 Å². The van der Waals surface area contributed by atoms with Crippen LogP contribution in [0.25, 0.3) is 17.2 Å². The number of aliphatic hydroxyl groups is 1. The molecule has 0 aliphatic carbocycles. The first-order chi connectivity index (χ1) is 14.5. The number of hydrogen-bond donors (Lipinski definition) is 3. The minimum Gasteiger partial charge on any atom is -0.478 e. The summed E-state index contributed by atoms with van der Waals surface area (Å²) in [6.07, 6.45) is 3.22. The lowest BCUT2D eigenvalue weighted by Gasteiger charge is -2.10. The summed E-state index contributed by atoms with van der Waals surface area (Å²) in [7, 11) is 0. The number of carbonyl (C=O) groups is 2. The average molecular weight is 401 g/mol. The second-order valence-corrected chi connectivity index (χ2v) is 6.87. The summed E-state index contributed by atoms with van der Waals surface area (Å²) >= 11 is 0. The van der Waals surface area contributed by atoms with Gasteiger partial charge in [0.25, 0.3) is 5.91 Å². The van der Waals surface area contributed by atoms with Crippen molar-refractivity contribution in [3.05, 3.63) is 101 Å². The Hall–Kier alpha value is -3.70. The highest BCUT2D eigenvalue weighted by atomic mass is 16.4. The van der Waals surface area contributed by atoms with Crippen LogP contribution in [0, 0.1) is 0 Å². The van der Waals surface area contributed by atoms with Crippen LogP contribution >= 0.6 is 0 Å². The highest BCUT2D eigenvalue weighted by molar-refractivity contribution is 5.96. The number of nitrogens with one attached hydrogen (secondary N) is 1. The topological polar surface area (TPSA) is 86.6 Å². The predicted molar refractivity (Wildman–Crippen MR) is 117 cm³/mol. The fraction of sp³-hybridized carbons (Fsp3) is 0.120. The van der Waals surface area contributed by atoms with E-state index in [1.54, 1.807) is 12.1 Å². The van der Waals surface area contributed by atoms with Crippen molar-refractivity contribution in [2.45, 2.75) is 13.0 Å². The molecule has 0 saturated heterocycles. The van der Waals surface area contributed by atoms with E-state index >= 15 is 0 Å². The van der Waals surface area contributed by atoms with Gasteiger partial charge in [0.2, 0.25) is 0 Å². The molecule has 0 heterocycles. The summed E-state index contributed by atoms with van der Waals surface area (Å²) in [6, 6.07) is 22.5. The number of aliphatic carboxylic acids is 1. The van der Waals surface area contributed by atoms with Crippen LogP contribution in [0.5, 0.6) is 0 Å². The number of carbonyl (C=O) groups excluding carboxylic acids is 1. The molecule has 3 rings (SSSR count). The number of carboxylic acids is 1. The van der Waals surface area contributed by atoms with Gasteiger partial charge in [-0.1, -0.05) is 48.5 Å². The van der Waals surface area contributed by atoms with Crippen LogP contribution in [-0.4, -0.2) is 28.6 Å². The molecule has 0 unspecified atom stereocenters. The maximum atomic E-state index is 12.7. The van der Waals surface area contributed by atoms with Gasteiger partial charge in [-0.2, -0.15) is 0 Å². The molecule has 3 N–H and O–H groups in total. The van der Waals surface area contributed by atoms with Crippen LogP contribution in [0.15, 0.2) is 78.9 Å². The Bertz CT molecular complexity index is 1060. The average Bonchev–Trinajstić information content (AvgIpc) is 2.78. The van der Waals surface area contributed by atoms with Crippen LogP contribution in [0.3, 0.4) is 0 Å². The Morgan fingerprint density at radius 3 is 2.37 bits per heavy atom. The molecule has 0 aromatic heterocycles. The van der Waals surface area contributed by atoms with Gasteiger partial charge >= 0.3 is 5.97 Å². The molecule has 0 radical (unpaired) electrons. The zero-order valence-electron chi connectivity index (χ0n) is 16.4. The van der Waals surface area contributed by atoms with Crippen molar-refractivity contribution in [1.82, 2.24) is 5.32 Å². The van der Waals surface area contributed by atoms with Crippen molar-refractivity contribution in [3.63, 3.8) is 0 Å². The van der Waals surface area contributed by atoms with E-state index in [9.17, 15) is 14.7 Å². The number of aliphatic hydroxyl groups excluding tert-OH is 1. The van der Waals surface area contributed by atoms with Gasteiger partial charge in [-0.3, -0.25) is 4.79 Å². The van der Waals surface area contributed by atoms with Crippen LogP contribution in [0.2, 0.25) is 0 Å². The Kier molecular flexibility index (Phi) is 7.14. The first-order valence-corrected chi connectivity index (χ1v) is 9.63. The van der Waals surface area contributed by atoms with Gasteiger partial charge in [-0.05, 0) is 64.6 Å². The second-order valence-electron chi connectivity index (χ2n) is 6.87. The SMILES string of the molecule is O=C(O)/C=C/c1cc(C(=O)NCCc2ccccc2)cc(-c2cccc(CO)c2)c1. The number of carboxylic acid groups (broad SMARTS) is 1. The summed E-state index contributed by atoms with van der Waals surface area (Å²) < 4.78 is 0. The number of hydrogen-bond acceptors (Lipinski definition) is 3. The minimum absolute atomic E-state index is 0.0841. The Morgan fingerprint density at radius 2 is 1.63 bits per heavy atom. The van der Waals surface area contributed by atoms with E-state index in [1.807, 2.05) is 60.7 Å². The third-order valence-corrected chi connectivity index (χ3v) is 4.62. The first-order valence-electron chi connectivity index (χ1n) is 9.63. The molecule has 30 heavy (non-hydrogen) atoms. The molecule has 0 aliphatic heterocycles. The fourth-order valence-electron chi connectivity index (χ4n) is 3.13. The fourth-order valence-corrected chi connectivity index (χ4v) is 3.13. The van der Waals surface area contributed by atoms with Crippen LogP contribution < -0.4 is 5.32 Å². The highest BCUT2D eigenvalue weighted by Gasteiger charge is 2.10. The minimum atomic E-state index is -1.06. The van der Waals surface area contributed by atoms with Crippen LogP contribution in [0.1, 0.15) is 27.0 Å². The second kappa shape index (κ2) is 10.2. The summed E-state index contributed by atoms with van der Waals surface area (Å²) in [5.74, 6) is -1.28. The monoisotopic (exact) mass is 401 g/mol. The largest absolute Gasteiger partial charge is 0.478 e. The zero-order chi connectivity index (χ0) is 21.3. The van der Waals surface area contributed by atoms with Crippen molar-refractivity contribution in [1.29, 1.82) is 0 Å². The summed E-state index contributed by atoms with van der Waals surface area (Å²) in [4.78, 5) is 23.7. The molecule has 5 heteroatoms. The number of rotatable bonds is 8. The lowest BCUT2D eigenvalue weighted by atomic mass is 9.97. The standard InChI is InChI=1S/C25H23NO4/c27-17-20-7-4-8-21(15-20)22-13-19(9-10-24(28)29)14-23(16-22)25(30)26-12-11-18-5-2-1-3-6-18/h1-10,13-16,27H,11-12,17H2,(H,26,30)(H,28,29)/b10-9+. The molecule has 3 aromatic rings. The third kappa shape index (κ3) is 5.90. The van der Waals surface area contributed by atoms with E-state index in [0.29, 0.717) is 17.7 Å². The quantitative estimate of drug-likeness (QED) is 0.500. The van der Waals surface area contributed by atoms with Gasteiger partial charge in [0.1, 0.15) is 0 Å². The molecular formula is C25H23NO4.